The number of nitrogens with one attached hydrogen (secondary N) is 1. The molecule has 37 heavy (non-hydrogen) atoms. The summed E-state index contributed by atoms with van der Waals surface area (Å²) in [6.07, 6.45) is 0.755. The van der Waals surface area contributed by atoms with Crippen molar-refractivity contribution in [3.63, 3.8) is 0 Å². The van der Waals surface area contributed by atoms with E-state index in [1.165, 1.54) is 14.2 Å². The van der Waals surface area contributed by atoms with Crippen molar-refractivity contribution in [2.75, 3.05) is 40.5 Å². The van der Waals surface area contributed by atoms with Crippen LogP contribution in [0.3, 0.4) is 0 Å². The summed E-state index contributed by atoms with van der Waals surface area (Å²) < 4.78 is 17.1. The van der Waals surface area contributed by atoms with Crippen LogP contribution in [0.4, 0.5) is 0 Å². The normalized spacial score (nSPS) is 18.7. The number of amides is 3. The largest absolute Gasteiger partial charge is 0.496 e. The van der Waals surface area contributed by atoms with E-state index in [2.05, 4.69) is 5.32 Å². The number of likely N-dealkylation sites (tertiary alicyclic amines) is 1. The number of piperidine rings is 1. The van der Waals surface area contributed by atoms with Gasteiger partial charge in [0.15, 0.2) is 0 Å². The van der Waals surface area contributed by atoms with E-state index in [4.69, 9.17) is 14.2 Å². The summed E-state index contributed by atoms with van der Waals surface area (Å²) in [6, 6.07) is 13.4. The van der Waals surface area contributed by atoms with Crippen LogP contribution in [0.1, 0.15) is 47.4 Å². The van der Waals surface area contributed by atoms with Crippen LogP contribution in [0.2, 0.25) is 0 Å². The highest BCUT2D eigenvalue weighted by Crippen LogP contribution is 2.39. The lowest BCUT2D eigenvalue weighted by Gasteiger charge is -2.44. The average molecular weight is 510 g/mol. The number of rotatable bonds is 7. The minimum absolute atomic E-state index is 0.108. The molecule has 0 aliphatic carbocycles. The summed E-state index contributed by atoms with van der Waals surface area (Å²) in [5.74, 6) is 0.448. The SMILES string of the molecule is COc1cccc(OC)c1C(=O)N1CCC2(CC1)OCC(C(=O)NCC(C)C)N2C(=O)c1ccccc1. The Hall–Kier alpha value is -3.59. The van der Waals surface area contributed by atoms with Crippen LogP contribution in [0, 0.1) is 5.92 Å². The molecule has 2 saturated heterocycles. The van der Waals surface area contributed by atoms with Crippen LogP contribution in [0.15, 0.2) is 48.5 Å². The van der Waals surface area contributed by atoms with Gasteiger partial charge in [-0.25, -0.2) is 0 Å². The van der Waals surface area contributed by atoms with Crippen molar-refractivity contribution in [3.05, 3.63) is 59.7 Å². The molecule has 1 N–H and O–H groups in total. The summed E-state index contributed by atoms with van der Waals surface area (Å²) in [4.78, 5) is 43.7. The van der Waals surface area contributed by atoms with Gasteiger partial charge in [-0.05, 0) is 30.2 Å². The number of carbonyl (C=O) groups excluding carboxylic acids is 3. The van der Waals surface area contributed by atoms with Crippen LogP contribution in [0.25, 0.3) is 0 Å². The molecule has 2 aromatic carbocycles. The van der Waals surface area contributed by atoms with Crippen molar-refractivity contribution < 1.29 is 28.6 Å². The fourth-order valence-corrected chi connectivity index (χ4v) is 4.99. The van der Waals surface area contributed by atoms with Crippen molar-refractivity contribution in [1.82, 2.24) is 15.1 Å². The zero-order chi connectivity index (χ0) is 26.6. The molecular weight excluding hydrogens is 474 g/mol. The van der Waals surface area contributed by atoms with Crippen LogP contribution in [-0.4, -0.2) is 79.7 Å². The van der Waals surface area contributed by atoms with Gasteiger partial charge < -0.3 is 24.4 Å². The number of ether oxygens (including phenoxy) is 3. The highest BCUT2D eigenvalue weighted by molar-refractivity contribution is 6.00. The van der Waals surface area contributed by atoms with Crippen LogP contribution < -0.4 is 14.8 Å². The molecule has 2 aliphatic rings. The second-order valence-corrected chi connectivity index (χ2v) is 9.78. The minimum Gasteiger partial charge on any atom is -0.496 e. The molecule has 1 spiro atoms. The maximum absolute atomic E-state index is 13.7. The quantitative estimate of drug-likeness (QED) is 0.617. The molecule has 1 unspecified atom stereocenters. The smallest absolute Gasteiger partial charge is 0.261 e. The monoisotopic (exact) mass is 509 g/mol. The first kappa shape index (κ1) is 26.5. The molecule has 0 saturated carbocycles. The van der Waals surface area contributed by atoms with E-state index in [1.807, 2.05) is 19.9 Å². The van der Waals surface area contributed by atoms with Gasteiger partial charge in [-0.15, -0.1) is 0 Å². The fraction of sp³-hybridized carbons (Fsp3) is 0.464. The first-order valence-corrected chi connectivity index (χ1v) is 12.6. The minimum atomic E-state index is -0.978. The Morgan fingerprint density at radius 3 is 2.16 bits per heavy atom. The van der Waals surface area contributed by atoms with Gasteiger partial charge in [0.05, 0.1) is 20.8 Å². The van der Waals surface area contributed by atoms with Gasteiger partial charge in [0.2, 0.25) is 5.91 Å². The van der Waals surface area contributed by atoms with Crippen LogP contribution >= 0.6 is 0 Å². The Balaban J connectivity index is 1.58. The third-order valence-electron chi connectivity index (χ3n) is 6.96. The molecule has 0 bridgehead atoms. The topological polar surface area (TPSA) is 97.4 Å². The van der Waals surface area contributed by atoms with Crippen LogP contribution in [0.5, 0.6) is 11.5 Å². The van der Waals surface area contributed by atoms with E-state index < -0.39 is 11.8 Å². The van der Waals surface area contributed by atoms with Gasteiger partial charge in [0, 0.05) is 38.0 Å². The molecule has 2 fully saturated rings. The van der Waals surface area contributed by atoms with Crippen molar-refractivity contribution in [3.8, 4) is 11.5 Å². The highest BCUT2D eigenvalue weighted by Gasteiger charge is 2.54. The Bertz CT molecular complexity index is 1110. The molecule has 2 aromatic rings. The Morgan fingerprint density at radius 1 is 0.973 bits per heavy atom. The standard InChI is InChI=1S/C28H35N3O6/c1-19(2)17-29-25(32)21-18-37-28(31(21)26(33)20-9-6-5-7-10-20)13-15-30(16-14-28)27(34)24-22(35-3)11-8-12-23(24)36-4/h5-12,19,21H,13-18H2,1-4H3,(H,29,32). The number of nitrogens with zero attached hydrogens (tertiary/aromatic N) is 2. The summed E-state index contributed by atoms with van der Waals surface area (Å²) in [5.41, 5.74) is -0.126. The molecule has 0 aromatic heterocycles. The zero-order valence-corrected chi connectivity index (χ0v) is 21.9. The third-order valence-corrected chi connectivity index (χ3v) is 6.96. The first-order chi connectivity index (χ1) is 17.8. The molecule has 9 heteroatoms. The molecule has 4 rings (SSSR count). The number of hydrogen-bond acceptors (Lipinski definition) is 6. The zero-order valence-electron chi connectivity index (χ0n) is 21.9. The van der Waals surface area contributed by atoms with E-state index in [-0.39, 0.29) is 30.2 Å². The molecule has 2 heterocycles. The number of carbonyl (C=O) groups is 3. The lowest BCUT2D eigenvalue weighted by molar-refractivity contribution is -0.128. The predicted molar refractivity (Wildman–Crippen MR) is 138 cm³/mol. The summed E-state index contributed by atoms with van der Waals surface area (Å²) in [6.45, 7) is 5.35. The van der Waals surface area contributed by atoms with Crippen molar-refractivity contribution in [2.45, 2.75) is 38.5 Å². The van der Waals surface area contributed by atoms with Crippen molar-refractivity contribution in [1.29, 1.82) is 0 Å². The van der Waals surface area contributed by atoms with E-state index >= 15 is 0 Å². The third kappa shape index (κ3) is 5.27. The van der Waals surface area contributed by atoms with E-state index in [1.54, 1.807) is 52.3 Å². The summed E-state index contributed by atoms with van der Waals surface area (Å²) >= 11 is 0. The lowest BCUT2D eigenvalue weighted by Crippen LogP contribution is -2.60. The molecule has 0 radical (unpaired) electrons. The molecule has 9 nitrogen and oxygen atoms in total. The molecular formula is C28H35N3O6. The van der Waals surface area contributed by atoms with Gasteiger partial charge in [0.1, 0.15) is 28.8 Å². The van der Waals surface area contributed by atoms with Gasteiger partial charge in [-0.1, -0.05) is 38.1 Å². The van der Waals surface area contributed by atoms with E-state index in [0.29, 0.717) is 55.1 Å². The molecule has 198 valence electrons. The average Bonchev–Trinajstić information content (AvgIpc) is 3.29. The predicted octanol–water partition coefficient (Wildman–Crippen LogP) is 2.95. The molecule has 1 atom stereocenters. The second kappa shape index (κ2) is 11.2. The molecule has 2 aliphatic heterocycles. The Labute approximate surface area is 217 Å². The molecule has 3 amide bonds. The van der Waals surface area contributed by atoms with E-state index in [0.717, 1.165) is 0 Å². The number of benzene rings is 2. The Kier molecular flexibility index (Phi) is 8.02. The van der Waals surface area contributed by atoms with E-state index in [9.17, 15) is 14.4 Å². The highest BCUT2D eigenvalue weighted by atomic mass is 16.5. The maximum atomic E-state index is 13.7. The van der Waals surface area contributed by atoms with Crippen molar-refractivity contribution in [2.24, 2.45) is 5.92 Å². The number of methoxy groups -OCH3 is 2. The second-order valence-electron chi connectivity index (χ2n) is 9.78. The van der Waals surface area contributed by atoms with Gasteiger partial charge >= 0.3 is 0 Å². The fourth-order valence-electron chi connectivity index (χ4n) is 4.99. The Morgan fingerprint density at radius 2 is 1.59 bits per heavy atom. The summed E-state index contributed by atoms with van der Waals surface area (Å²) in [7, 11) is 3.03. The maximum Gasteiger partial charge on any atom is 0.261 e. The van der Waals surface area contributed by atoms with Gasteiger partial charge in [-0.2, -0.15) is 0 Å². The van der Waals surface area contributed by atoms with Crippen LogP contribution in [-0.2, 0) is 9.53 Å². The number of hydrogen-bond donors (Lipinski definition) is 1. The van der Waals surface area contributed by atoms with Gasteiger partial charge in [-0.3, -0.25) is 19.3 Å². The summed E-state index contributed by atoms with van der Waals surface area (Å²) in [5, 5.41) is 2.95. The first-order valence-electron chi connectivity index (χ1n) is 12.6. The van der Waals surface area contributed by atoms with Gasteiger partial charge in [0.25, 0.3) is 11.8 Å². The lowest BCUT2D eigenvalue weighted by atomic mass is 9.95. The van der Waals surface area contributed by atoms with Crippen molar-refractivity contribution >= 4 is 17.7 Å².